The average Bonchev–Trinajstić information content (AvgIpc) is 3.12. The molecule has 0 aliphatic heterocycles. The summed E-state index contributed by atoms with van der Waals surface area (Å²) in [4.78, 5) is 23.2. The Morgan fingerprint density at radius 1 is 1.09 bits per heavy atom. The molecule has 33 heavy (non-hydrogen) atoms. The van der Waals surface area contributed by atoms with Crippen LogP contribution in [0.4, 0.5) is 0 Å². The Balaban J connectivity index is 1.67. The maximum Gasteiger partial charge on any atom is 0.302 e. The Bertz CT molecular complexity index is 720. The summed E-state index contributed by atoms with van der Waals surface area (Å²) in [5.41, 5.74) is 0.548. The molecule has 0 amide bonds. The van der Waals surface area contributed by atoms with Crippen LogP contribution in [-0.2, 0) is 14.3 Å². The smallest absolute Gasteiger partial charge is 0.302 e. The predicted octanol–water partition coefficient (Wildman–Crippen LogP) is 6.19. The van der Waals surface area contributed by atoms with Gasteiger partial charge in [-0.3, -0.25) is 4.79 Å². The SMILES string of the molecule is CC[C@@H]1C2C[C@H](O)CC[C@]2(C)[C@H]2CC[C@]3(C)[C@@H]([C@H](C)CCCC=O)CC[C@H]3[C@@H]2[C@@H]1OC(C)=O. The van der Waals surface area contributed by atoms with Gasteiger partial charge in [-0.1, -0.05) is 34.1 Å². The van der Waals surface area contributed by atoms with E-state index in [1.807, 2.05) is 0 Å². The highest BCUT2D eigenvalue weighted by molar-refractivity contribution is 5.66. The maximum absolute atomic E-state index is 12.3. The molecule has 1 unspecified atom stereocenters. The second kappa shape index (κ2) is 9.63. The second-order valence-electron chi connectivity index (χ2n) is 12.8. The molecule has 0 aromatic carbocycles. The van der Waals surface area contributed by atoms with Gasteiger partial charge in [0.2, 0.25) is 0 Å². The third-order valence-corrected chi connectivity index (χ3v) is 11.4. The van der Waals surface area contributed by atoms with E-state index in [2.05, 4.69) is 27.7 Å². The minimum absolute atomic E-state index is 0.00498. The zero-order valence-electron chi connectivity index (χ0n) is 21.7. The molecule has 0 aromatic heterocycles. The Labute approximate surface area is 201 Å². The molecule has 0 spiro atoms. The van der Waals surface area contributed by atoms with E-state index < -0.39 is 0 Å². The number of hydrogen-bond donors (Lipinski definition) is 1. The van der Waals surface area contributed by atoms with Gasteiger partial charge in [-0.25, -0.2) is 0 Å². The number of aliphatic hydroxyl groups excluding tert-OH is 1. The van der Waals surface area contributed by atoms with Crippen LogP contribution >= 0.6 is 0 Å². The highest BCUT2D eigenvalue weighted by Gasteiger charge is 2.65. The molecular weight excluding hydrogens is 412 g/mol. The second-order valence-corrected chi connectivity index (χ2v) is 12.8. The van der Waals surface area contributed by atoms with Gasteiger partial charge in [0, 0.05) is 19.3 Å². The Morgan fingerprint density at radius 2 is 1.79 bits per heavy atom. The van der Waals surface area contributed by atoms with Gasteiger partial charge < -0.3 is 14.6 Å². The van der Waals surface area contributed by atoms with Crippen LogP contribution in [-0.4, -0.2) is 29.6 Å². The lowest BCUT2D eigenvalue weighted by molar-refractivity contribution is -0.217. The molecule has 4 saturated carbocycles. The first-order chi connectivity index (χ1) is 15.7. The van der Waals surface area contributed by atoms with Gasteiger partial charge in [0.1, 0.15) is 12.4 Å². The third kappa shape index (κ3) is 4.21. The minimum Gasteiger partial charge on any atom is -0.462 e. The van der Waals surface area contributed by atoms with Crippen molar-refractivity contribution in [3.63, 3.8) is 0 Å². The van der Waals surface area contributed by atoms with E-state index in [0.717, 1.165) is 44.8 Å². The first kappa shape index (κ1) is 25.2. The molecule has 4 fully saturated rings. The van der Waals surface area contributed by atoms with Crippen LogP contribution in [0.15, 0.2) is 0 Å². The van der Waals surface area contributed by atoms with Gasteiger partial charge in [-0.2, -0.15) is 0 Å². The van der Waals surface area contributed by atoms with E-state index >= 15 is 0 Å². The molecule has 0 saturated heterocycles. The summed E-state index contributed by atoms with van der Waals surface area (Å²) in [6.45, 7) is 11.3. The van der Waals surface area contributed by atoms with E-state index in [1.165, 1.54) is 25.7 Å². The minimum atomic E-state index is -0.205. The van der Waals surface area contributed by atoms with Crippen molar-refractivity contribution >= 4 is 12.3 Å². The lowest BCUT2D eigenvalue weighted by Crippen LogP contribution is -2.63. The molecule has 0 bridgehead atoms. The number of ether oxygens (including phenoxy) is 1. The van der Waals surface area contributed by atoms with E-state index in [4.69, 9.17) is 4.74 Å². The van der Waals surface area contributed by atoms with E-state index in [9.17, 15) is 14.7 Å². The van der Waals surface area contributed by atoms with Gasteiger partial charge in [-0.15, -0.1) is 0 Å². The van der Waals surface area contributed by atoms with Gasteiger partial charge in [0.05, 0.1) is 6.10 Å². The molecule has 0 radical (unpaired) electrons. The summed E-state index contributed by atoms with van der Waals surface area (Å²) < 4.78 is 6.26. The lowest BCUT2D eigenvalue weighted by atomic mass is 9.41. The van der Waals surface area contributed by atoms with Crippen molar-refractivity contribution in [1.82, 2.24) is 0 Å². The number of hydrogen-bond acceptors (Lipinski definition) is 4. The average molecular weight is 461 g/mol. The van der Waals surface area contributed by atoms with Crippen LogP contribution in [0, 0.1) is 52.3 Å². The quantitative estimate of drug-likeness (QED) is 0.279. The number of fused-ring (bicyclic) bond motifs is 5. The Morgan fingerprint density at radius 3 is 2.45 bits per heavy atom. The highest BCUT2D eigenvalue weighted by atomic mass is 16.5. The highest BCUT2D eigenvalue weighted by Crippen LogP contribution is 2.70. The van der Waals surface area contributed by atoms with Crippen LogP contribution < -0.4 is 0 Å². The van der Waals surface area contributed by atoms with Crippen LogP contribution in [0.25, 0.3) is 0 Å². The molecule has 0 aromatic rings. The normalized spacial score (nSPS) is 47.7. The topological polar surface area (TPSA) is 63.6 Å². The third-order valence-electron chi connectivity index (χ3n) is 11.4. The molecular formula is C29H48O4. The standard InChI is InChI=1S/C29H48O4/c1-6-21-25-17-20(32)12-14-29(25,5)24-13-15-28(4)22(18(2)9-7-8-16-30)10-11-23(28)26(24)27(21)33-19(3)31/h16,18,20-27,32H,6-15,17H2,1-5H3/t18-,20-,21-,22-,23+,24+,25?,26+,27-,28-,29-/m1/s1. The molecule has 188 valence electrons. The first-order valence-corrected chi connectivity index (χ1v) is 14.0. The van der Waals surface area contributed by atoms with Gasteiger partial charge in [-0.05, 0) is 104 Å². The van der Waals surface area contributed by atoms with Crippen molar-refractivity contribution in [1.29, 1.82) is 0 Å². The van der Waals surface area contributed by atoms with Crippen molar-refractivity contribution in [3.8, 4) is 0 Å². The molecule has 4 nitrogen and oxygen atoms in total. The Hall–Kier alpha value is -0.900. The monoisotopic (exact) mass is 460 g/mol. The predicted molar refractivity (Wildman–Crippen MR) is 130 cm³/mol. The largest absolute Gasteiger partial charge is 0.462 e. The zero-order valence-corrected chi connectivity index (χ0v) is 21.7. The molecule has 11 atom stereocenters. The number of esters is 1. The van der Waals surface area contributed by atoms with E-state index in [0.29, 0.717) is 53.3 Å². The number of aliphatic hydroxyl groups is 1. The maximum atomic E-state index is 12.3. The number of unbranched alkanes of at least 4 members (excludes halogenated alkanes) is 1. The van der Waals surface area contributed by atoms with Crippen LogP contribution in [0.1, 0.15) is 105 Å². The summed E-state index contributed by atoms with van der Waals surface area (Å²) in [6, 6.07) is 0. The molecule has 1 N–H and O–H groups in total. The fourth-order valence-corrected chi connectivity index (χ4v) is 9.98. The van der Waals surface area contributed by atoms with Crippen molar-refractivity contribution < 1.29 is 19.4 Å². The molecule has 4 aliphatic carbocycles. The zero-order chi connectivity index (χ0) is 24.0. The number of aldehydes is 1. The Kier molecular flexibility index (Phi) is 7.35. The molecule has 4 heteroatoms. The summed E-state index contributed by atoms with van der Waals surface area (Å²) in [6.07, 6.45) is 12.6. The van der Waals surface area contributed by atoms with Crippen molar-refractivity contribution in [2.75, 3.05) is 0 Å². The summed E-state index contributed by atoms with van der Waals surface area (Å²) in [7, 11) is 0. The van der Waals surface area contributed by atoms with Crippen molar-refractivity contribution in [2.45, 2.75) is 117 Å². The van der Waals surface area contributed by atoms with Gasteiger partial charge in [0.15, 0.2) is 0 Å². The first-order valence-electron chi connectivity index (χ1n) is 14.0. The van der Waals surface area contributed by atoms with Gasteiger partial charge >= 0.3 is 5.97 Å². The van der Waals surface area contributed by atoms with Crippen LogP contribution in [0.2, 0.25) is 0 Å². The number of carbonyl (C=O) groups excluding carboxylic acids is 2. The number of carbonyl (C=O) groups is 2. The molecule has 0 heterocycles. The summed E-state index contributed by atoms with van der Waals surface area (Å²) in [5, 5.41) is 10.6. The van der Waals surface area contributed by atoms with Crippen LogP contribution in [0.5, 0.6) is 0 Å². The molecule has 4 aliphatic rings. The summed E-state index contributed by atoms with van der Waals surface area (Å²) in [5.74, 6) is 3.64. The van der Waals surface area contributed by atoms with Crippen molar-refractivity contribution in [3.05, 3.63) is 0 Å². The van der Waals surface area contributed by atoms with Crippen molar-refractivity contribution in [2.24, 2.45) is 52.3 Å². The summed E-state index contributed by atoms with van der Waals surface area (Å²) >= 11 is 0. The molecule has 4 rings (SSSR count). The fraction of sp³-hybridized carbons (Fsp3) is 0.931. The fourth-order valence-electron chi connectivity index (χ4n) is 9.98. The van der Waals surface area contributed by atoms with Gasteiger partial charge in [0.25, 0.3) is 0 Å². The lowest BCUT2D eigenvalue weighted by Gasteiger charge is -2.65. The van der Waals surface area contributed by atoms with E-state index in [1.54, 1.807) is 6.92 Å². The van der Waals surface area contributed by atoms with Crippen LogP contribution in [0.3, 0.4) is 0 Å². The number of rotatable bonds is 7. The van der Waals surface area contributed by atoms with E-state index in [-0.39, 0.29) is 23.6 Å².